The number of nitrogens with two attached hydrogens (primary N) is 1. The Bertz CT molecular complexity index is 272. The van der Waals surface area contributed by atoms with Gasteiger partial charge in [0.25, 0.3) is 0 Å². The first-order chi connectivity index (χ1) is 7.40. The second-order valence-electron chi connectivity index (χ2n) is 6.44. The molecule has 0 bridgehead atoms. The van der Waals surface area contributed by atoms with Crippen molar-refractivity contribution in [1.82, 2.24) is 4.90 Å². The summed E-state index contributed by atoms with van der Waals surface area (Å²) < 4.78 is 0. The van der Waals surface area contributed by atoms with E-state index in [9.17, 15) is 4.79 Å². The van der Waals surface area contributed by atoms with Gasteiger partial charge in [-0.1, -0.05) is 13.8 Å². The molecule has 3 nitrogen and oxygen atoms in total. The molecular formula is C13H24N2O. The Balaban J connectivity index is 1.82. The third-order valence-corrected chi connectivity index (χ3v) is 4.32. The fraction of sp³-hybridized carbons (Fsp3) is 0.923. The molecule has 1 aliphatic carbocycles. The first-order valence-electron chi connectivity index (χ1n) is 6.47. The van der Waals surface area contributed by atoms with Crippen LogP contribution in [0.2, 0.25) is 0 Å². The number of hydrogen-bond donors (Lipinski definition) is 1. The largest absolute Gasteiger partial charge is 0.343 e. The molecule has 0 aromatic heterocycles. The summed E-state index contributed by atoms with van der Waals surface area (Å²) in [4.78, 5) is 14.1. The van der Waals surface area contributed by atoms with Crippen LogP contribution in [-0.2, 0) is 4.79 Å². The zero-order valence-corrected chi connectivity index (χ0v) is 10.6. The van der Waals surface area contributed by atoms with Crippen LogP contribution in [0, 0.1) is 5.41 Å². The molecule has 2 fully saturated rings. The smallest absolute Gasteiger partial charge is 0.224 e. The monoisotopic (exact) mass is 224 g/mol. The molecule has 0 unspecified atom stereocenters. The lowest BCUT2D eigenvalue weighted by Crippen LogP contribution is -2.51. The summed E-state index contributed by atoms with van der Waals surface area (Å²) in [6.45, 7) is 6.40. The average molecular weight is 224 g/mol. The number of rotatable bonds is 2. The summed E-state index contributed by atoms with van der Waals surface area (Å²) in [7, 11) is 0. The molecule has 3 heteroatoms. The quantitative estimate of drug-likeness (QED) is 0.778. The van der Waals surface area contributed by atoms with Crippen molar-refractivity contribution >= 4 is 5.91 Å². The Morgan fingerprint density at radius 3 is 2.19 bits per heavy atom. The van der Waals surface area contributed by atoms with Crippen molar-refractivity contribution in [1.29, 1.82) is 0 Å². The van der Waals surface area contributed by atoms with Crippen LogP contribution < -0.4 is 5.73 Å². The Hall–Kier alpha value is -0.570. The molecule has 16 heavy (non-hydrogen) atoms. The van der Waals surface area contributed by atoms with E-state index in [4.69, 9.17) is 5.73 Å². The van der Waals surface area contributed by atoms with Crippen LogP contribution in [0.4, 0.5) is 0 Å². The van der Waals surface area contributed by atoms with E-state index in [0.717, 1.165) is 38.8 Å². The second kappa shape index (κ2) is 4.02. The standard InChI is InChI=1S/C13H24N2O/c1-12(2)6-8-15(9-7-12)11(16)10-13(14)4-3-5-13/h3-10,14H2,1-2H3. The van der Waals surface area contributed by atoms with E-state index in [0.29, 0.717) is 11.8 Å². The van der Waals surface area contributed by atoms with Gasteiger partial charge in [0.05, 0.1) is 0 Å². The van der Waals surface area contributed by atoms with E-state index in [1.54, 1.807) is 0 Å². The highest BCUT2D eigenvalue weighted by Gasteiger charge is 2.37. The predicted octanol–water partition coefficient (Wildman–Crippen LogP) is 1.91. The summed E-state index contributed by atoms with van der Waals surface area (Å²) in [5.41, 5.74) is 6.36. The Morgan fingerprint density at radius 1 is 1.19 bits per heavy atom. The molecule has 2 N–H and O–H groups in total. The summed E-state index contributed by atoms with van der Waals surface area (Å²) in [6.07, 6.45) is 6.05. The lowest BCUT2D eigenvalue weighted by atomic mass is 9.75. The summed E-state index contributed by atoms with van der Waals surface area (Å²) in [6, 6.07) is 0. The average Bonchev–Trinajstić information content (AvgIpc) is 2.15. The minimum Gasteiger partial charge on any atom is -0.343 e. The van der Waals surface area contributed by atoms with E-state index in [1.807, 2.05) is 4.90 Å². The van der Waals surface area contributed by atoms with Gasteiger partial charge in [-0.15, -0.1) is 0 Å². The Morgan fingerprint density at radius 2 is 1.75 bits per heavy atom. The van der Waals surface area contributed by atoms with Crippen LogP contribution in [0.3, 0.4) is 0 Å². The first kappa shape index (κ1) is 11.9. The van der Waals surface area contributed by atoms with Gasteiger partial charge in [-0.3, -0.25) is 4.79 Å². The molecule has 1 saturated carbocycles. The fourth-order valence-electron chi connectivity index (χ4n) is 2.58. The Kier molecular flexibility index (Phi) is 2.99. The van der Waals surface area contributed by atoms with Gasteiger partial charge in [0, 0.05) is 25.0 Å². The number of carbonyl (C=O) groups excluding carboxylic acids is 1. The first-order valence-corrected chi connectivity index (χ1v) is 6.47. The predicted molar refractivity (Wildman–Crippen MR) is 65.0 cm³/mol. The molecule has 2 rings (SSSR count). The molecule has 92 valence electrons. The molecule has 1 saturated heterocycles. The third-order valence-electron chi connectivity index (χ3n) is 4.32. The minimum absolute atomic E-state index is 0.163. The molecule has 0 aromatic carbocycles. The van der Waals surface area contributed by atoms with Crippen molar-refractivity contribution in [3.63, 3.8) is 0 Å². The van der Waals surface area contributed by atoms with Crippen molar-refractivity contribution < 1.29 is 4.79 Å². The fourth-order valence-corrected chi connectivity index (χ4v) is 2.58. The number of amides is 1. The molecular weight excluding hydrogens is 200 g/mol. The van der Waals surface area contributed by atoms with Gasteiger partial charge in [-0.05, 0) is 37.5 Å². The minimum atomic E-state index is -0.163. The summed E-state index contributed by atoms with van der Waals surface area (Å²) in [5.74, 6) is 0.276. The summed E-state index contributed by atoms with van der Waals surface area (Å²) >= 11 is 0. The summed E-state index contributed by atoms with van der Waals surface area (Å²) in [5, 5.41) is 0. The molecule has 0 aromatic rings. The molecule has 1 aliphatic heterocycles. The second-order valence-corrected chi connectivity index (χ2v) is 6.44. The van der Waals surface area contributed by atoms with Crippen LogP contribution in [0.25, 0.3) is 0 Å². The van der Waals surface area contributed by atoms with Crippen molar-refractivity contribution in [2.24, 2.45) is 11.1 Å². The molecule has 1 amide bonds. The lowest BCUT2D eigenvalue weighted by molar-refractivity contribution is -0.135. The van der Waals surface area contributed by atoms with Crippen LogP contribution in [0.5, 0.6) is 0 Å². The van der Waals surface area contributed by atoms with Crippen LogP contribution in [0.15, 0.2) is 0 Å². The van der Waals surface area contributed by atoms with Gasteiger partial charge in [0.1, 0.15) is 0 Å². The van der Waals surface area contributed by atoms with E-state index >= 15 is 0 Å². The van der Waals surface area contributed by atoms with Crippen LogP contribution in [-0.4, -0.2) is 29.4 Å². The van der Waals surface area contributed by atoms with Crippen molar-refractivity contribution in [2.45, 2.75) is 57.9 Å². The van der Waals surface area contributed by atoms with Crippen molar-refractivity contribution in [2.75, 3.05) is 13.1 Å². The number of piperidine rings is 1. The molecule has 0 radical (unpaired) electrons. The van der Waals surface area contributed by atoms with E-state index in [2.05, 4.69) is 13.8 Å². The molecule has 0 spiro atoms. The maximum Gasteiger partial charge on any atom is 0.224 e. The highest BCUT2D eigenvalue weighted by molar-refractivity contribution is 5.77. The van der Waals surface area contributed by atoms with Crippen LogP contribution >= 0.6 is 0 Å². The van der Waals surface area contributed by atoms with Crippen molar-refractivity contribution in [3.05, 3.63) is 0 Å². The number of likely N-dealkylation sites (tertiary alicyclic amines) is 1. The number of nitrogens with zero attached hydrogens (tertiary/aromatic N) is 1. The molecule has 2 aliphatic rings. The lowest BCUT2D eigenvalue weighted by Gasteiger charge is -2.41. The molecule has 1 heterocycles. The van der Waals surface area contributed by atoms with E-state index in [1.165, 1.54) is 6.42 Å². The highest BCUT2D eigenvalue weighted by atomic mass is 16.2. The van der Waals surface area contributed by atoms with E-state index < -0.39 is 0 Å². The van der Waals surface area contributed by atoms with Crippen molar-refractivity contribution in [3.8, 4) is 0 Å². The Labute approximate surface area is 98.4 Å². The van der Waals surface area contributed by atoms with Gasteiger partial charge in [-0.2, -0.15) is 0 Å². The van der Waals surface area contributed by atoms with Gasteiger partial charge < -0.3 is 10.6 Å². The van der Waals surface area contributed by atoms with E-state index in [-0.39, 0.29) is 11.4 Å². The van der Waals surface area contributed by atoms with Gasteiger partial charge in [-0.25, -0.2) is 0 Å². The SMILES string of the molecule is CC1(C)CCN(C(=O)CC2(N)CCC2)CC1. The van der Waals surface area contributed by atoms with Gasteiger partial charge >= 0.3 is 0 Å². The highest BCUT2D eigenvalue weighted by Crippen LogP contribution is 2.34. The third kappa shape index (κ3) is 2.57. The normalized spacial score (nSPS) is 27.3. The number of carbonyl (C=O) groups is 1. The maximum absolute atomic E-state index is 12.1. The van der Waals surface area contributed by atoms with Crippen LogP contribution in [0.1, 0.15) is 52.4 Å². The zero-order valence-electron chi connectivity index (χ0n) is 10.6. The zero-order chi connectivity index (χ0) is 11.8. The maximum atomic E-state index is 12.1. The number of hydrogen-bond acceptors (Lipinski definition) is 2. The van der Waals surface area contributed by atoms with Gasteiger partial charge in [0.15, 0.2) is 0 Å². The topological polar surface area (TPSA) is 46.3 Å². The van der Waals surface area contributed by atoms with Gasteiger partial charge in [0.2, 0.25) is 5.91 Å². The molecule has 0 atom stereocenters.